The van der Waals surface area contributed by atoms with Crippen LogP contribution in [0.2, 0.25) is 0 Å². The van der Waals surface area contributed by atoms with Crippen molar-refractivity contribution in [3.05, 3.63) is 24.3 Å². The Kier molecular flexibility index (Phi) is 5.08. The van der Waals surface area contributed by atoms with Crippen molar-refractivity contribution in [2.45, 2.75) is 32.7 Å². The van der Waals surface area contributed by atoms with E-state index in [0.29, 0.717) is 6.04 Å². The van der Waals surface area contributed by atoms with Gasteiger partial charge in [0, 0.05) is 11.7 Å². The van der Waals surface area contributed by atoms with Gasteiger partial charge < -0.3 is 15.0 Å². The predicted octanol–water partition coefficient (Wildman–Crippen LogP) is 3.23. The Morgan fingerprint density at radius 1 is 1.26 bits per heavy atom. The quantitative estimate of drug-likeness (QED) is 0.881. The lowest BCUT2D eigenvalue weighted by atomic mass is 9.90. The highest BCUT2D eigenvalue weighted by molar-refractivity contribution is 5.47. The van der Waals surface area contributed by atoms with Gasteiger partial charge in [-0.05, 0) is 77.0 Å². The molecule has 3 heteroatoms. The van der Waals surface area contributed by atoms with Gasteiger partial charge in [-0.25, -0.2) is 0 Å². The zero-order valence-corrected chi connectivity index (χ0v) is 12.4. The molecule has 0 saturated carbocycles. The van der Waals surface area contributed by atoms with Crippen LogP contribution in [0.5, 0.6) is 5.75 Å². The zero-order chi connectivity index (χ0) is 13.7. The fourth-order valence-electron chi connectivity index (χ4n) is 2.72. The lowest BCUT2D eigenvalue weighted by Gasteiger charge is -2.33. The molecule has 1 heterocycles. The van der Waals surface area contributed by atoms with Gasteiger partial charge in [-0.15, -0.1) is 0 Å². The smallest absolute Gasteiger partial charge is 0.119 e. The molecule has 1 fully saturated rings. The van der Waals surface area contributed by atoms with Gasteiger partial charge in [0.05, 0.1) is 6.61 Å². The summed E-state index contributed by atoms with van der Waals surface area (Å²) in [5, 5.41) is 3.62. The molecule has 0 amide bonds. The molecular weight excluding hydrogens is 236 g/mol. The lowest BCUT2D eigenvalue weighted by molar-refractivity contribution is 0.208. The molecule has 1 aromatic rings. The number of hydrogen-bond donors (Lipinski definition) is 1. The summed E-state index contributed by atoms with van der Waals surface area (Å²) in [6.45, 7) is 7.47. The first kappa shape index (κ1) is 14.2. The normalized spacial score (nSPS) is 19.1. The largest absolute Gasteiger partial charge is 0.494 e. The highest BCUT2D eigenvalue weighted by Crippen LogP contribution is 2.23. The topological polar surface area (TPSA) is 24.5 Å². The number of nitrogens with one attached hydrogen (secondary N) is 1. The van der Waals surface area contributed by atoms with Crippen LogP contribution in [-0.4, -0.2) is 37.7 Å². The molecule has 3 nitrogen and oxygen atoms in total. The van der Waals surface area contributed by atoms with Crippen molar-refractivity contribution in [3.63, 3.8) is 0 Å². The Bertz CT molecular complexity index is 369. The number of piperidine rings is 1. The van der Waals surface area contributed by atoms with Crippen LogP contribution in [-0.2, 0) is 0 Å². The molecular formula is C16H26N2O. The molecule has 1 unspecified atom stereocenters. The van der Waals surface area contributed by atoms with E-state index in [2.05, 4.69) is 36.3 Å². The van der Waals surface area contributed by atoms with Crippen molar-refractivity contribution < 1.29 is 4.74 Å². The van der Waals surface area contributed by atoms with Crippen LogP contribution >= 0.6 is 0 Å². The molecule has 19 heavy (non-hydrogen) atoms. The second-order valence-electron chi connectivity index (χ2n) is 5.53. The van der Waals surface area contributed by atoms with Crippen molar-refractivity contribution in [2.24, 2.45) is 5.92 Å². The minimum absolute atomic E-state index is 0.534. The minimum atomic E-state index is 0.534. The van der Waals surface area contributed by atoms with Crippen LogP contribution in [0.4, 0.5) is 5.69 Å². The van der Waals surface area contributed by atoms with Crippen molar-refractivity contribution in [1.29, 1.82) is 0 Å². The average molecular weight is 262 g/mol. The summed E-state index contributed by atoms with van der Waals surface area (Å²) >= 11 is 0. The summed E-state index contributed by atoms with van der Waals surface area (Å²) < 4.78 is 5.46. The van der Waals surface area contributed by atoms with Crippen LogP contribution in [0.1, 0.15) is 26.7 Å². The number of nitrogens with zero attached hydrogens (tertiary/aromatic N) is 1. The molecule has 0 radical (unpaired) electrons. The standard InChI is InChI=1S/C16H26N2O/c1-4-19-16-7-5-15(6-8-16)17-13(2)14-9-11-18(3)12-10-14/h5-8,13-14,17H,4,9-12H2,1-3H3. The molecule has 106 valence electrons. The van der Waals surface area contributed by atoms with E-state index in [1.807, 2.05) is 19.1 Å². The zero-order valence-electron chi connectivity index (χ0n) is 12.4. The van der Waals surface area contributed by atoms with Crippen LogP contribution in [0.3, 0.4) is 0 Å². The van der Waals surface area contributed by atoms with Crippen LogP contribution in [0.25, 0.3) is 0 Å². The van der Waals surface area contributed by atoms with Gasteiger partial charge in [0.1, 0.15) is 5.75 Å². The summed E-state index contributed by atoms with van der Waals surface area (Å²) in [6.07, 6.45) is 2.59. The van der Waals surface area contributed by atoms with Crippen molar-refractivity contribution in [2.75, 3.05) is 32.1 Å². The van der Waals surface area contributed by atoms with Crippen LogP contribution in [0, 0.1) is 5.92 Å². The van der Waals surface area contributed by atoms with E-state index in [4.69, 9.17) is 4.74 Å². The van der Waals surface area contributed by atoms with E-state index in [1.165, 1.54) is 31.6 Å². The third kappa shape index (κ3) is 4.13. The molecule has 1 saturated heterocycles. The second kappa shape index (κ2) is 6.80. The van der Waals surface area contributed by atoms with Gasteiger partial charge in [-0.1, -0.05) is 0 Å². The first-order valence-corrected chi connectivity index (χ1v) is 7.37. The Balaban J connectivity index is 1.86. The first-order valence-electron chi connectivity index (χ1n) is 7.37. The fourth-order valence-corrected chi connectivity index (χ4v) is 2.72. The van der Waals surface area contributed by atoms with E-state index in [-0.39, 0.29) is 0 Å². The van der Waals surface area contributed by atoms with E-state index in [0.717, 1.165) is 18.3 Å². The fraction of sp³-hybridized carbons (Fsp3) is 0.625. The minimum Gasteiger partial charge on any atom is -0.494 e. The maximum absolute atomic E-state index is 5.46. The molecule has 1 aliphatic rings. The van der Waals surface area contributed by atoms with Gasteiger partial charge in [0.25, 0.3) is 0 Å². The highest BCUT2D eigenvalue weighted by Gasteiger charge is 2.21. The Morgan fingerprint density at radius 2 is 1.89 bits per heavy atom. The van der Waals surface area contributed by atoms with Crippen LogP contribution in [0.15, 0.2) is 24.3 Å². The average Bonchev–Trinajstić information content (AvgIpc) is 2.42. The molecule has 0 spiro atoms. The third-order valence-electron chi connectivity index (χ3n) is 4.03. The lowest BCUT2D eigenvalue weighted by Crippen LogP contribution is -2.37. The van der Waals surface area contributed by atoms with Crippen molar-refractivity contribution >= 4 is 5.69 Å². The number of rotatable bonds is 5. The Morgan fingerprint density at radius 3 is 2.47 bits per heavy atom. The number of benzene rings is 1. The molecule has 1 aromatic carbocycles. The highest BCUT2D eigenvalue weighted by atomic mass is 16.5. The molecule has 1 atom stereocenters. The van der Waals surface area contributed by atoms with Gasteiger partial charge in [-0.2, -0.15) is 0 Å². The van der Waals surface area contributed by atoms with Crippen molar-refractivity contribution in [3.8, 4) is 5.75 Å². The predicted molar refractivity (Wildman–Crippen MR) is 80.9 cm³/mol. The molecule has 0 aliphatic carbocycles. The maximum atomic E-state index is 5.46. The summed E-state index contributed by atoms with van der Waals surface area (Å²) in [7, 11) is 2.21. The van der Waals surface area contributed by atoms with E-state index in [9.17, 15) is 0 Å². The first-order chi connectivity index (χ1) is 9.19. The monoisotopic (exact) mass is 262 g/mol. The van der Waals surface area contributed by atoms with Gasteiger partial charge in [0.2, 0.25) is 0 Å². The van der Waals surface area contributed by atoms with Gasteiger partial charge in [-0.3, -0.25) is 0 Å². The van der Waals surface area contributed by atoms with Gasteiger partial charge in [0.15, 0.2) is 0 Å². The van der Waals surface area contributed by atoms with E-state index < -0.39 is 0 Å². The Hall–Kier alpha value is -1.22. The SMILES string of the molecule is CCOc1ccc(NC(C)C2CCN(C)CC2)cc1. The number of ether oxygens (including phenoxy) is 1. The number of anilines is 1. The third-order valence-corrected chi connectivity index (χ3v) is 4.03. The molecule has 1 aliphatic heterocycles. The van der Waals surface area contributed by atoms with E-state index in [1.54, 1.807) is 0 Å². The summed E-state index contributed by atoms with van der Waals surface area (Å²) in [4.78, 5) is 2.42. The molecule has 0 aromatic heterocycles. The molecule has 0 bridgehead atoms. The van der Waals surface area contributed by atoms with Crippen LogP contribution < -0.4 is 10.1 Å². The van der Waals surface area contributed by atoms with Crippen molar-refractivity contribution in [1.82, 2.24) is 4.90 Å². The summed E-state index contributed by atoms with van der Waals surface area (Å²) in [5.74, 6) is 1.72. The molecule has 1 N–H and O–H groups in total. The van der Waals surface area contributed by atoms with E-state index >= 15 is 0 Å². The summed E-state index contributed by atoms with van der Waals surface area (Å²) in [5.41, 5.74) is 1.19. The maximum Gasteiger partial charge on any atom is 0.119 e. The Labute approximate surface area is 116 Å². The number of hydrogen-bond acceptors (Lipinski definition) is 3. The number of likely N-dealkylation sites (tertiary alicyclic amines) is 1. The van der Waals surface area contributed by atoms with Gasteiger partial charge >= 0.3 is 0 Å². The molecule has 2 rings (SSSR count). The second-order valence-corrected chi connectivity index (χ2v) is 5.53. The summed E-state index contributed by atoms with van der Waals surface area (Å²) in [6, 6.07) is 8.82.